The molecule has 0 amide bonds. The van der Waals surface area contributed by atoms with Gasteiger partial charge < -0.3 is 28.8 Å². The van der Waals surface area contributed by atoms with Gasteiger partial charge in [0.05, 0.1) is 19.6 Å². The number of carbonyl (C=O) groups is 2. The zero-order valence-electron chi connectivity index (χ0n) is 26.8. The summed E-state index contributed by atoms with van der Waals surface area (Å²) in [4.78, 5) is 24.5. The fraction of sp³-hybridized carbons (Fsp3) is 0.333. The van der Waals surface area contributed by atoms with Gasteiger partial charge in [-0.25, -0.2) is 0 Å². The maximum Gasteiger partial charge on any atom is 0.306 e. The first kappa shape index (κ1) is 34.5. The zero-order chi connectivity index (χ0) is 33.1. The summed E-state index contributed by atoms with van der Waals surface area (Å²) in [5, 5.41) is 11.9. The summed E-state index contributed by atoms with van der Waals surface area (Å²) in [7, 11) is 0. The third-order valence-electron chi connectivity index (χ3n) is 8.19. The first-order valence-corrected chi connectivity index (χ1v) is 17.1. The predicted octanol–water partition coefficient (Wildman–Crippen LogP) is 6.70. The lowest BCUT2D eigenvalue weighted by Crippen LogP contribution is -2.60. The van der Waals surface area contributed by atoms with Crippen molar-refractivity contribution in [3.05, 3.63) is 144 Å². The van der Waals surface area contributed by atoms with Gasteiger partial charge in [-0.15, -0.1) is 11.8 Å². The van der Waals surface area contributed by atoms with Crippen molar-refractivity contribution in [1.29, 1.82) is 0 Å². The highest BCUT2D eigenvalue weighted by molar-refractivity contribution is 7.99. The number of rotatable bonds is 15. The van der Waals surface area contributed by atoms with Crippen LogP contribution in [0.5, 0.6) is 0 Å². The molecule has 246 valence electrons. The van der Waals surface area contributed by atoms with Crippen LogP contribution >= 0.6 is 11.8 Å². The molecule has 5 atom stereocenters. The Balaban J connectivity index is 1.48. The Morgan fingerprint density at radius 2 is 1.28 bits per heavy atom. The Morgan fingerprint density at radius 1 is 0.766 bits per heavy atom. The van der Waals surface area contributed by atoms with E-state index in [1.165, 1.54) is 18.7 Å². The monoisotopic (exact) mass is 654 g/mol. The summed E-state index contributed by atoms with van der Waals surface area (Å²) < 4.78 is 25.8. The molecule has 0 radical (unpaired) electrons. The number of aliphatic hydroxyl groups excluding tert-OH is 1. The maximum atomic E-state index is 12.9. The largest absolute Gasteiger partial charge is 0.456 e. The van der Waals surface area contributed by atoms with Gasteiger partial charge in [0.25, 0.3) is 0 Å². The topological polar surface area (TPSA) is 91.3 Å². The Labute approximate surface area is 281 Å². The van der Waals surface area contributed by atoms with Crippen molar-refractivity contribution in [3.8, 4) is 0 Å². The normalized spacial score (nSPS) is 21.2. The zero-order valence-corrected chi connectivity index (χ0v) is 27.6. The number of ketones is 1. The van der Waals surface area contributed by atoms with E-state index in [9.17, 15) is 14.7 Å². The van der Waals surface area contributed by atoms with E-state index < -0.39 is 41.4 Å². The van der Waals surface area contributed by atoms with Crippen LogP contribution in [-0.2, 0) is 40.7 Å². The Morgan fingerprint density at radius 3 is 1.77 bits per heavy atom. The Hall–Kier alpha value is -3.79. The SMILES string of the molecule is CCS[C@@H]1O[C@H](COC(c2ccccc2)(c2ccccc2)c2ccccc2)[C@@H](O)[C@H](OCc2ccccc2)[C@H]1OC(=O)CCC(C)=O. The maximum absolute atomic E-state index is 12.9. The summed E-state index contributed by atoms with van der Waals surface area (Å²) in [5.41, 5.74) is 2.04. The second kappa shape index (κ2) is 16.9. The van der Waals surface area contributed by atoms with Crippen LogP contribution in [0.25, 0.3) is 0 Å². The smallest absolute Gasteiger partial charge is 0.306 e. The number of benzene rings is 4. The van der Waals surface area contributed by atoms with Gasteiger partial charge in [-0.1, -0.05) is 128 Å². The average Bonchev–Trinajstić information content (AvgIpc) is 3.11. The molecule has 1 aliphatic heterocycles. The molecule has 1 aliphatic rings. The minimum Gasteiger partial charge on any atom is -0.456 e. The van der Waals surface area contributed by atoms with Crippen LogP contribution in [0, 0.1) is 0 Å². The minimum atomic E-state index is -1.20. The molecule has 1 saturated heterocycles. The fourth-order valence-corrected chi connectivity index (χ4v) is 6.82. The predicted molar refractivity (Wildman–Crippen MR) is 183 cm³/mol. The standard InChI is InChI=1S/C39H42O7S/c1-3-47-38-37(46-34(41)25-24-28(2)40)36(43-26-29-16-8-4-9-17-29)35(42)33(45-38)27-44-39(30-18-10-5-11-19-30,31-20-12-6-13-21-31)32-22-14-7-15-23-32/h4-23,33,35-38,42H,3,24-27H2,1-2H3/t33-,35-,36+,37-,38+/m1/s1. The van der Waals surface area contributed by atoms with E-state index in [4.69, 9.17) is 18.9 Å². The highest BCUT2D eigenvalue weighted by Gasteiger charge is 2.49. The van der Waals surface area contributed by atoms with Gasteiger partial charge in [-0.2, -0.15) is 0 Å². The summed E-state index contributed by atoms with van der Waals surface area (Å²) in [6, 6.07) is 39.7. The Kier molecular flexibility index (Phi) is 12.4. The molecule has 4 aromatic rings. The van der Waals surface area contributed by atoms with Crippen LogP contribution in [-0.4, -0.2) is 59.1 Å². The molecule has 8 heteroatoms. The third-order valence-corrected chi connectivity index (χ3v) is 9.23. The second-order valence-corrected chi connectivity index (χ2v) is 12.9. The molecule has 0 bridgehead atoms. The molecule has 1 heterocycles. The van der Waals surface area contributed by atoms with Gasteiger partial charge in [0, 0.05) is 6.42 Å². The van der Waals surface area contributed by atoms with Crippen molar-refractivity contribution in [2.75, 3.05) is 12.4 Å². The number of carbonyl (C=O) groups excluding carboxylic acids is 2. The van der Waals surface area contributed by atoms with Crippen LogP contribution < -0.4 is 0 Å². The van der Waals surface area contributed by atoms with Crippen molar-refractivity contribution in [3.63, 3.8) is 0 Å². The fourth-order valence-electron chi connectivity index (χ4n) is 5.87. The molecular formula is C39H42O7S. The third kappa shape index (κ3) is 8.58. The molecule has 0 aliphatic carbocycles. The highest BCUT2D eigenvalue weighted by Crippen LogP contribution is 2.42. The summed E-state index contributed by atoms with van der Waals surface area (Å²) >= 11 is 1.47. The van der Waals surface area contributed by atoms with Crippen LogP contribution in [0.1, 0.15) is 48.9 Å². The van der Waals surface area contributed by atoms with Gasteiger partial charge in [0.15, 0.2) is 6.10 Å². The van der Waals surface area contributed by atoms with Crippen molar-refractivity contribution >= 4 is 23.5 Å². The van der Waals surface area contributed by atoms with Crippen LogP contribution in [0.4, 0.5) is 0 Å². The number of Topliss-reactive ketones (excluding diaryl/α,β-unsaturated/α-hetero) is 1. The molecular weight excluding hydrogens is 612 g/mol. The van der Waals surface area contributed by atoms with E-state index >= 15 is 0 Å². The quantitative estimate of drug-likeness (QED) is 0.112. The molecule has 5 rings (SSSR count). The molecule has 7 nitrogen and oxygen atoms in total. The lowest BCUT2D eigenvalue weighted by molar-refractivity contribution is -0.239. The highest BCUT2D eigenvalue weighted by atomic mass is 32.2. The van der Waals surface area contributed by atoms with Crippen LogP contribution in [0.15, 0.2) is 121 Å². The van der Waals surface area contributed by atoms with E-state index in [2.05, 4.69) is 0 Å². The number of aliphatic hydroxyl groups is 1. The number of hydrogen-bond donors (Lipinski definition) is 1. The minimum absolute atomic E-state index is 0.0107. The van der Waals surface area contributed by atoms with E-state index in [1.807, 2.05) is 128 Å². The van der Waals surface area contributed by atoms with Gasteiger partial charge in [0.2, 0.25) is 0 Å². The number of esters is 1. The van der Waals surface area contributed by atoms with Gasteiger partial charge in [0.1, 0.15) is 35.1 Å². The van der Waals surface area contributed by atoms with E-state index in [1.54, 1.807) is 0 Å². The van der Waals surface area contributed by atoms with E-state index in [0.29, 0.717) is 5.75 Å². The molecule has 4 aromatic carbocycles. The summed E-state index contributed by atoms with van der Waals surface area (Å²) in [6.07, 6.45) is -3.82. The Bertz CT molecular complexity index is 1440. The molecule has 0 spiro atoms. The first-order chi connectivity index (χ1) is 22.9. The molecule has 0 aromatic heterocycles. The second-order valence-electron chi connectivity index (χ2n) is 11.5. The van der Waals surface area contributed by atoms with Crippen LogP contribution in [0.3, 0.4) is 0 Å². The first-order valence-electron chi connectivity index (χ1n) is 16.0. The van der Waals surface area contributed by atoms with E-state index in [0.717, 1.165) is 22.3 Å². The van der Waals surface area contributed by atoms with Crippen molar-refractivity contribution < 1.29 is 33.6 Å². The number of thioether (sulfide) groups is 1. The molecule has 47 heavy (non-hydrogen) atoms. The molecule has 0 unspecified atom stereocenters. The van der Waals surface area contributed by atoms with Crippen molar-refractivity contribution in [2.45, 2.75) is 68.7 Å². The van der Waals surface area contributed by atoms with E-state index in [-0.39, 0.29) is 31.8 Å². The summed E-state index contributed by atoms with van der Waals surface area (Å²) in [6.45, 7) is 3.64. The number of ether oxygens (including phenoxy) is 4. The van der Waals surface area contributed by atoms with Crippen LogP contribution in [0.2, 0.25) is 0 Å². The summed E-state index contributed by atoms with van der Waals surface area (Å²) in [5.74, 6) is 0.0274. The lowest BCUT2D eigenvalue weighted by Gasteiger charge is -2.45. The van der Waals surface area contributed by atoms with Crippen molar-refractivity contribution in [2.24, 2.45) is 0 Å². The molecule has 0 saturated carbocycles. The lowest BCUT2D eigenvalue weighted by atomic mass is 9.80. The van der Waals surface area contributed by atoms with Gasteiger partial charge in [-0.3, -0.25) is 4.79 Å². The van der Waals surface area contributed by atoms with Gasteiger partial charge in [-0.05, 0) is 34.9 Å². The molecule has 1 N–H and O–H groups in total. The number of hydrogen-bond acceptors (Lipinski definition) is 8. The molecule has 1 fully saturated rings. The average molecular weight is 655 g/mol. The van der Waals surface area contributed by atoms with Crippen molar-refractivity contribution in [1.82, 2.24) is 0 Å². The van der Waals surface area contributed by atoms with Gasteiger partial charge >= 0.3 is 5.97 Å².